The van der Waals surface area contributed by atoms with Gasteiger partial charge in [-0.1, -0.05) is 30.8 Å². The first-order valence-corrected chi connectivity index (χ1v) is 7.58. The first-order valence-electron chi connectivity index (χ1n) is 7.20. The predicted octanol–water partition coefficient (Wildman–Crippen LogP) is 3.49. The smallest absolute Gasteiger partial charge is 0.270 e. The van der Waals surface area contributed by atoms with Crippen LogP contribution in [0.3, 0.4) is 0 Å². The molecule has 5 nitrogen and oxygen atoms in total. The number of hydrogen-bond donors (Lipinski definition) is 0. The van der Waals surface area contributed by atoms with Crippen LogP contribution in [0.4, 0.5) is 0 Å². The van der Waals surface area contributed by atoms with Crippen molar-refractivity contribution in [3.8, 4) is 17.1 Å². The molecule has 2 heterocycles. The van der Waals surface area contributed by atoms with Crippen molar-refractivity contribution < 1.29 is 4.74 Å². The second-order valence-corrected chi connectivity index (χ2v) is 5.69. The summed E-state index contributed by atoms with van der Waals surface area (Å²) in [6, 6.07) is 5.33. The normalized spacial score (nSPS) is 10.8. The molecule has 0 amide bonds. The Balaban J connectivity index is 2.35. The second kappa shape index (κ2) is 7.75. The van der Waals surface area contributed by atoms with Gasteiger partial charge in [-0.2, -0.15) is 5.10 Å². The van der Waals surface area contributed by atoms with E-state index in [4.69, 9.17) is 16.3 Å². The molecule has 0 saturated heterocycles. The van der Waals surface area contributed by atoms with E-state index in [9.17, 15) is 4.79 Å². The van der Waals surface area contributed by atoms with Gasteiger partial charge in [-0.25, -0.2) is 9.67 Å². The summed E-state index contributed by atoms with van der Waals surface area (Å²) in [5.41, 5.74) is 2.56. The molecule has 0 N–H and O–H groups in total. The Morgan fingerprint density at radius 1 is 1.38 bits per heavy atom. The van der Waals surface area contributed by atoms with Gasteiger partial charge in [-0.3, -0.25) is 4.79 Å². The number of rotatable bonds is 6. The maximum absolute atomic E-state index is 12.3. The lowest BCUT2D eigenvalue weighted by Crippen LogP contribution is -2.25. The van der Waals surface area contributed by atoms with Crippen molar-refractivity contribution in [2.24, 2.45) is 0 Å². The van der Waals surface area contributed by atoms with E-state index in [2.05, 4.69) is 23.2 Å². The molecule has 2 aromatic rings. The van der Waals surface area contributed by atoms with Crippen molar-refractivity contribution >= 4 is 11.6 Å². The fraction of sp³-hybridized carbons (Fsp3) is 0.167. The number of aromatic nitrogens is 3. The van der Waals surface area contributed by atoms with Crippen LogP contribution in [0.5, 0.6) is 5.88 Å². The van der Waals surface area contributed by atoms with Crippen LogP contribution in [-0.4, -0.2) is 21.9 Å². The van der Waals surface area contributed by atoms with Crippen LogP contribution in [0, 0.1) is 6.92 Å². The minimum absolute atomic E-state index is 0.167. The van der Waals surface area contributed by atoms with Crippen molar-refractivity contribution in [3.05, 3.63) is 76.2 Å². The third-order valence-electron chi connectivity index (χ3n) is 3.25. The van der Waals surface area contributed by atoms with E-state index >= 15 is 0 Å². The summed E-state index contributed by atoms with van der Waals surface area (Å²) in [6.07, 6.45) is 4.99. The average molecular weight is 344 g/mol. The number of hydrogen-bond acceptors (Lipinski definition) is 4. The summed E-state index contributed by atoms with van der Waals surface area (Å²) < 4.78 is 6.42. The van der Waals surface area contributed by atoms with Gasteiger partial charge in [0.05, 0.1) is 19.3 Å². The lowest BCUT2D eigenvalue weighted by Gasteiger charge is -2.09. The van der Waals surface area contributed by atoms with Gasteiger partial charge >= 0.3 is 0 Å². The molecule has 6 heteroatoms. The van der Waals surface area contributed by atoms with Crippen LogP contribution < -0.4 is 10.3 Å². The van der Waals surface area contributed by atoms with Gasteiger partial charge in [0.25, 0.3) is 5.56 Å². The van der Waals surface area contributed by atoms with Gasteiger partial charge in [0.15, 0.2) is 0 Å². The van der Waals surface area contributed by atoms with Gasteiger partial charge in [-0.05, 0) is 30.7 Å². The summed E-state index contributed by atoms with van der Waals surface area (Å²) in [5, 5.41) is 4.79. The Hall–Kier alpha value is -2.66. The first-order chi connectivity index (χ1) is 11.4. The Morgan fingerprint density at radius 2 is 2.12 bits per heavy atom. The lowest BCUT2D eigenvalue weighted by atomic mass is 10.1. The van der Waals surface area contributed by atoms with Gasteiger partial charge in [0.1, 0.15) is 0 Å². The van der Waals surface area contributed by atoms with Crippen molar-refractivity contribution in [1.29, 1.82) is 0 Å². The molecule has 0 radical (unpaired) electrons. The number of ether oxygens (including phenoxy) is 1. The molecule has 0 bridgehead atoms. The first kappa shape index (κ1) is 17.7. The minimum Gasteiger partial charge on any atom is -0.481 e. The molecule has 0 spiro atoms. The molecule has 0 unspecified atom stereocenters. The molecule has 0 atom stereocenters. The van der Waals surface area contributed by atoms with E-state index in [0.29, 0.717) is 27.7 Å². The molecule has 0 fully saturated rings. The molecule has 124 valence electrons. The van der Waals surface area contributed by atoms with E-state index < -0.39 is 0 Å². The topological polar surface area (TPSA) is 57.0 Å². The van der Waals surface area contributed by atoms with Crippen molar-refractivity contribution in [2.45, 2.75) is 13.5 Å². The Bertz CT molecular complexity index is 852. The van der Waals surface area contributed by atoms with Gasteiger partial charge in [-0.15, -0.1) is 0 Å². The van der Waals surface area contributed by atoms with E-state index in [1.807, 2.05) is 6.07 Å². The quantitative estimate of drug-likeness (QED) is 0.753. The van der Waals surface area contributed by atoms with E-state index in [1.165, 1.54) is 4.68 Å². The van der Waals surface area contributed by atoms with Crippen LogP contribution in [-0.2, 0) is 6.54 Å². The average Bonchev–Trinajstić information content (AvgIpc) is 2.57. The summed E-state index contributed by atoms with van der Waals surface area (Å²) in [4.78, 5) is 16.4. The molecule has 0 aliphatic rings. The standard InChI is InChI=1S/C18H18ClN3O2/c1-12(5-6-14(3)19)11-22-18(23)13(2)9-16(21-22)15-7-8-17(24-4)20-10-15/h5-10H,1,3,11H2,2,4H3/b6-5-. The second-order valence-electron chi connectivity index (χ2n) is 5.20. The van der Waals surface area contributed by atoms with Crippen molar-refractivity contribution in [3.63, 3.8) is 0 Å². The van der Waals surface area contributed by atoms with Crippen LogP contribution in [0.2, 0.25) is 0 Å². The molecule has 0 aromatic carbocycles. The molecular formula is C18H18ClN3O2. The number of halogens is 1. The number of pyridine rings is 1. The number of nitrogens with zero attached hydrogens (tertiary/aromatic N) is 3. The van der Waals surface area contributed by atoms with Crippen molar-refractivity contribution in [1.82, 2.24) is 14.8 Å². The van der Waals surface area contributed by atoms with E-state index in [0.717, 1.165) is 5.56 Å². The monoisotopic (exact) mass is 343 g/mol. The fourth-order valence-corrected chi connectivity index (χ4v) is 2.09. The molecule has 2 aromatic heterocycles. The lowest BCUT2D eigenvalue weighted by molar-refractivity contribution is 0.398. The third-order valence-corrected chi connectivity index (χ3v) is 3.37. The molecule has 2 rings (SSSR count). The number of aryl methyl sites for hydroxylation is 1. The number of allylic oxidation sites excluding steroid dienone is 4. The largest absolute Gasteiger partial charge is 0.481 e. The minimum atomic E-state index is -0.167. The van der Waals surface area contributed by atoms with Gasteiger partial charge in [0.2, 0.25) is 5.88 Å². The fourth-order valence-electron chi connectivity index (χ4n) is 2.03. The third kappa shape index (κ3) is 4.43. The van der Waals surface area contributed by atoms with Crippen LogP contribution >= 0.6 is 11.6 Å². The summed E-state index contributed by atoms with van der Waals surface area (Å²) >= 11 is 5.69. The summed E-state index contributed by atoms with van der Waals surface area (Å²) in [5.74, 6) is 0.517. The van der Waals surface area contributed by atoms with Gasteiger partial charge < -0.3 is 4.74 Å². The summed E-state index contributed by atoms with van der Waals surface area (Å²) in [6.45, 7) is 9.48. The Labute approximate surface area is 145 Å². The predicted molar refractivity (Wildman–Crippen MR) is 96.3 cm³/mol. The molecular weight excluding hydrogens is 326 g/mol. The molecule has 0 aliphatic carbocycles. The van der Waals surface area contributed by atoms with Crippen LogP contribution in [0.15, 0.2) is 65.1 Å². The molecule has 0 aliphatic heterocycles. The zero-order valence-electron chi connectivity index (χ0n) is 13.6. The zero-order chi connectivity index (χ0) is 17.7. The van der Waals surface area contributed by atoms with E-state index in [1.54, 1.807) is 44.5 Å². The zero-order valence-corrected chi connectivity index (χ0v) is 14.4. The molecule has 0 saturated carbocycles. The summed E-state index contributed by atoms with van der Waals surface area (Å²) in [7, 11) is 1.55. The highest BCUT2D eigenvalue weighted by atomic mass is 35.5. The Morgan fingerprint density at radius 3 is 2.71 bits per heavy atom. The van der Waals surface area contributed by atoms with Crippen LogP contribution in [0.25, 0.3) is 11.3 Å². The number of methoxy groups -OCH3 is 1. The van der Waals surface area contributed by atoms with E-state index in [-0.39, 0.29) is 12.1 Å². The Kier molecular flexibility index (Phi) is 5.71. The highest BCUT2D eigenvalue weighted by Gasteiger charge is 2.08. The maximum Gasteiger partial charge on any atom is 0.270 e. The SMILES string of the molecule is C=C(Cl)/C=C\C(=C)Cn1nc(-c2ccc(OC)nc2)cc(C)c1=O. The highest BCUT2D eigenvalue weighted by Crippen LogP contribution is 2.18. The van der Waals surface area contributed by atoms with Crippen molar-refractivity contribution in [2.75, 3.05) is 7.11 Å². The highest BCUT2D eigenvalue weighted by molar-refractivity contribution is 6.30. The molecule has 24 heavy (non-hydrogen) atoms. The van der Waals surface area contributed by atoms with Crippen LogP contribution in [0.1, 0.15) is 5.56 Å². The maximum atomic E-state index is 12.3. The van der Waals surface area contributed by atoms with Gasteiger partial charge in [0, 0.05) is 28.4 Å².